The molecule has 0 aromatic heterocycles. The zero-order chi connectivity index (χ0) is 15.7. The quantitative estimate of drug-likeness (QED) is 0.802. The average molecular weight is 286 g/mol. The minimum Gasteiger partial charge on any atom is -0.444 e. The van der Waals surface area contributed by atoms with Crippen LogP contribution in [-0.2, 0) is 4.74 Å². The molecule has 0 spiro atoms. The van der Waals surface area contributed by atoms with E-state index in [1.165, 1.54) is 0 Å². The second-order valence-electron chi connectivity index (χ2n) is 7.53. The number of carbonyl (C=O) groups is 1. The molecule has 118 valence electrons. The maximum absolute atomic E-state index is 12.2. The lowest BCUT2D eigenvalue weighted by Gasteiger charge is -2.50. The van der Waals surface area contributed by atoms with Crippen molar-refractivity contribution >= 4 is 6.09 Å². The van der Waals surface area contributed by atoms with Crippen molar-refractivity contribution in [3.8, 4) is 0 Å². The lowest BCUT2D eigenvalue weighted by atomic mass is 9.96. The second-order valence-corrected chi connectivity index (χ2v) is 7.53. The summed E-state index contributed by atoms with van der Waals surface area (Å²) in [5.74, 6) is 0. The van der Waals surface area contributed by atoms with E-state index in [0.717, 1.165) is 6.54 Å². The van der Waals surface area contributed by atoms with Crippen LogP contribution in [0.5, 0.6) is 0 Å². The van der Waals surface area contributed by atoms with Gasteiger partial charge in [0.25, 0.3) is 0 Å². The molecule has 1 amide bonds. The number of hydrogen-bond acceptors (Lipinski definition) is 4. The summed E-state index contributed by atoms with van der Waals surface area (Å²) in [5.41, 5.74) is -0.519. The fraction of sp³-hybridized carbons (Fsp3) is 0.933. The molecule has 0 aromatic rings. The van der Waals surface area contributed by atoms with E-state index in [1.54, 1.807) is 4.90 Å². The molecule has 0 saturated carbocycles. The number of nitrogens with zero attached hydrogens (tertiary/aromatic N) is 2. The smallest absolute Gasteiger partial charge is 0.410 e. The van der Waals surface area contributed by atoms with Crippen LogP contribution in [0.15, 0.2) is 0 Å². The monoisotopic (exact) mass is 286 g/mol. The van der Waals surface area contributed by atoms with Gasteiger partial charge in [-0.05, 0) is 48.5 Å². The molecule has 0 aromatic carbocycles. The van der Waals surface area contributed by atoms with E-state index >= 15 is 0 Å². The third-order valence-corrected chi connectivity index (χ3v) is 3.71. The van der Waals surface area contributed by atoms with Crippen molar-refractivity contribution in [3.63, 3.8) is 0 Å². The first-order chi connectivity index (χ1) is 8.97. The molecule has 1 aliphatic heterocycles. The van der Waals surface area contributed by atoms with E-state index in [4.69, 9.17) is 4.74 Å². The number of rotatable bonds is 1. The Kier molecular flexibility index (Phi) is 5.08. The summed E-state index contributed by atoms with van der Waals surface area (Å²) in [5, 5.41) is 9.71. The summed E-state index contributed by atoms with van der Waals surface area (Å²) in [4.78, 5) is 16.2. The van der Waals surface area contributed by atoms with Gasteiger partial charge in [-0.15, -0.1) is 0 Å². The molecule has 0 aliphatic carbocycles. The van der Waals surface area contributed by atoms with Gasteiger partial charge in [0.1, 0.15) is 5.60 Å². The Morgan fingerprint density at radius 2 is 1.75 bits per heavy atom. The predicted octanol–water partition coefficient (Wildman–Crippen LogP) is 2.09. The molecular weight excluding hydrogens is 256 g/mol. The molecule has 2 atom stereocenters. The number of aliphatic hydroxyl groups is 1. The average Bonchev–Trinajstić information content (AvgIpc) is 2.24. The zero-order valence-corrected chi connectivity index (χ0v) is 13.9. The SMILES string of the molecule is CC1C(CO)N(C(C)(C)C)CCN1C(=O)OC(C)(C)C. The summed E-state index contributed by atoms with van der Waals surface area (Å²) in [6, 6.07) is -0.126. The number of aliphatic hydroxyl groups excluding tert-OH is 1. The van der Waals surface area contributed by atoms with Crippen molar-refractivity contribution in [2.45, 2.75) is 71.7 Å². The lowest BCUT2D eigenvalue weighted by Crippen LogP contribution is -2.65. The van der Waals surface area contributed by atoms with Crippen LogP contribution >= 0.6 is 0 Å². The maximum atomic E-state index is 12.2. The summed E-state index contributed by atoms with van der Waals surface area (Å²) in [6.07, 6.45) is -0.294. The van der Waals surface area contributed by atoms with Gasteiger partial charge in [0, 0.05) is 18.6 Å². The summed E-state index contributed by atoms with van der Waals surface area (Å²) < 4.78 is 5.45. The third kappa shape index (κ3) is 4.09. The Labute approximate surface area is 122 Å². The van der Waals surface area contributed by atoms with Gasteiger partial charge in [0.15, 0.2) is 0 Å². The minimum atomic E-state index is -0.493. The molecule has 5 heteroatoms. The minimum absolute atomic E-state index is 0.0261. The van der Waals surface area contributed by atoms with E-state index < -0.39 is 5.60 Å². The Balaban J connectivity index is 2.83. The van der Waals surface area contributed by atoms with Crippen LogP contribution in [-0.4, -0.2) is 63.9 Å². The van der Waals surface area contributed by atoms with Crippen LogP contribution in [0.1, 0.15) is 48.5 Å². The summed E-state index contributed by atoms with van der Waals surface area (Å²) >= 11 is 0. The fourth-order valence-corrected chi connectivity index (χ4v) is 2.72. The van der Waals surface area contributed by atoms with Gasteiger partial charge in [-0.1, -0.05) is 0 Å². The highest BCUT2D eigenvalue weighted by molar-refractivity contribution is 5.68. The van der Waals surface area contributed by atoms with Gasteiger partial charge in [-0.2, -0.15) is 0 Å². The normalized spacial score (nSPS) is 25.7. The van der Waals surface area contributed by atoms with Crippen molar-refractivity contribution < 1.29 is 14.6 Å². The van der Waals surface area contributed by atoms with Crippen molar-refractivity contribution in [1.82, 2.24) is 9.80 Å². The van der Waals surface area contributed by atoms with Crippen molar-refractivity contribution in [2.24, 2.45) is 0 Å². The van der Waals surface area contributed by atoms with Crippen LogP contribution < -0.4 is 0 Å². The molecule has 20 heavy (non-hydrogen) atoms. The van der Waals surface area contributed by atoms with E-state index in [9.17, 15) is 9.90 Å². The Hall–Kier alpha value is -0.810. The number of carbonyl (C=O) groups excluding carboxylic acids is 1. The van der Waals surface area contributed by atoms with E-state index in [0.29, 0.717) is 6.54 Å². The largest absolute Gasteiger partial charge is 0.444 e. The zero-order valence-electron chi connectivity index (χ0n) is 13.9. The summed E-state index contributed by atoms with van der Waals surface area (Å²) in [6.45, 7) is 15.4. The number of ether oxygens (including phenoxy) is 1. The van der Waals surface area contributed by atoms with Crippen molar-refractivity contribution in [3.05, 3.63) is 0 Å². The Bertz CT molecular complexity index is 344. The Morgan fingerprint density at radius 1 is 1.20 bits per heavy atom. The van der Waals surface area contributed by atoms with Crippen LogP contribution in [0.2, 0.25) is 0 Å². The molecule has 1 fully saturated rings. The van der Waals surface area contributed by atoms with Gasteiger partial charge < -0.3 is 14.7 Å². The molecule has 1 aliphatic rings. The Morgan fingerprint density at radius 3 is 2.15 bits per heavy atom. The van der Waals surface area contributed by atoms with Crippen LogP contribution in [0.3, 0.4) is 0 Å². The van der Waals surface area contributed by atoms with Crippen LogP contribution in [0.25, 0.3) is 0 Å². The topological polar surface area (TPSA) is 53.0 Å². The molecule has 1 rings (SSSR count). The van der Waals surface area contributed by atoms with Gasteiger partial charge in [0.2, 0.25) is 0 Å². The molecule has 1 N–H and O–H groups in total. The molecule has 1 heterocycles. The van der Waals surface area contributed by atoms with E-state index in [1.807, 2.05) is 27.7 Å². The first kappa shape index (κ1) is 17.2. The molecule has 1 saturated heterocycles. The maximum Gasteiger partial charge on any atom is 0.410 e. The van der Waals surface area contributed by atoms with Crippen molar-refractivity contribution in [1.29, 1.82) is 0 Å². The first-order valence-corrected chi connectivity index (χ1v) is 7.34. The first-order valence-electron chi connectivity index (χ1n) is 7.34. The summed E-state index contributed by atoms with van der Waals surface area (Å²) in [7, 11) is 0. The van der Waals surface area contributed by atoms with Crippen LogP contribution in [0.4, 0.5) is 4.79 Å². The predicted molar refractivity (Wildman–Crippen MR) is 79.7 cm³/mol. The number of piperazine rings is 1. The standard InChI is InChI=1S/C15H30N2O3/c1-11-12(10-18)17(14(2,3)4)9-8-16(11)13(19)20-15(5,6)7/h11-12,18H,8-10H2,1-7H3. The van der Waals surface area contributed by atoms with Gasteiger partial charge in [0.05, 0.1) is 18.7 Å². The number of amides is 1. The second kappa shape index (κ2) is 5.90. The highest BCUT2D eigenvalue weighted by Gasteiger charge is 2.41. The molecule has 5 nitrogen and oxygen atoms in total. The van der Waals surface area contributed by atoms with Crippen LogP contribution in [0, 0.1) is 0 Å². The van der Waals surface area contributed by atoms with Crippen molar-refractivity contribution in [2.75, 3.05) is 19.7 Å². The molecular formula is C15H30N2O3. The molecule has 0 bridgehead atoms. The molecule has 2 unspecified atom stereocenters. The van der Waals surface area contributed by atoms with E-state index in [2.05, 4.69) is 25.7 Å². The highest BCUT2D eigenvalue weighted by atomic mass is 16.6. The van der Waals surface area contributed by atoms with Gasteiger partial charge >= 0.3 is 6.09 Å². The van der Waals surface area contributed by atoms with Gasteiger partial charge in [-0.25, -0.2) is 4.79 Å². The highest BCUT2D eigenvalue weighted by Crippen LogP contribution is 2.26. The fourth-order valence-electron chi connectivity index (χ4n) is 2.72. The van der Waals surface area contributed by atoms with E-state index in [-0.39, 0.29) is 30.3 Å². The number of hydrogen-bond donors (Lipinski definition) is 1. The lowest BCUT2D eigenvalue weighted by molar-refractivity contribution is -0.0546. The molecule has 0 radical (unpaired) electrons. The van der Waals surface area contributed by atoms with Gasteiger partial charge in [-0.3, -0.25) is 4.90 Å². The third-order valence-electron chi connectivity index (χ3n) is 3.71.